The molecule has 0 aliphatic heterocycles. The van der Waals surface area contributed by atoms with Crippen LogP contribution in [0, 0.1) is 0 Å². The molecule has 0 fully saturated rings. The van der Waals surface area contributed by atoms with Gasteiger partial charge in [0.05, 0.1) is 19.5 Å². The molecule has 4 aromatic carbocycles. The summed E-state index contributed by atoms with van der Waals surface area (Å²) in [6.45, 7) is 4.07. The summed E-state index contributed by atoms with van der Waals surface area (Å²) in [7, 11) is -3.83. The van der Waals surface area contributed by atoms with Crippen molar-refractivity contribution < 1.29 is 22.1 Å². The minimum atomic E-state index is -3.83. The molecular weight excluding hydrogens is 496 g/mol. The normalized spacial score (nSPS) is 13.5. The van der Waals surface area contributed by atoms with Crippen molar-refractivity contribution in [2.75, 3.05) is 12.9 Å². The van der Waals surface area contributed by atoms with Crippen LogP contribution in [-0.2, 0) is 36.0 Å². The van der Waals surface area contributed by atoms with Crippen LogP contribution in [-0.4, -0.2) is 33.5 Å². The third-order valence-electron chi connectivity index (χ3n) is 6.19. The molecule has 0 spiro atoms. The van der Waals surface area contributed by atoms with Gasteiger partial charge >= 0.3 is 0 Å². The summed E-state index contributed by atoms with van der Waals surface area (Å²) >= 11 is 0. The predicted molar refractivity (Wildman–Crippen MR) is 150 cm³/mol. The van der Waals surface area contributed by atoms with E-state index >= 15 is 0 Å². The lowest BCUT2D eigenvalue weighted by molar-refractivity contribution is -0.0763. The van der Waals surface area contributed by atoms with Gasteiger partial charge in [0, 0.05) is 0 Å². The van der Waals surface area contributed by atoms with E-state index in [1.165, 1.54) is 0 Å². The van der Waals surface area contributed by atoms with Crippen LogP contribution in [0.5, 0.6) is 0 Å². The molecule has 0 aromatic heterocycles. The topological polar surface area (TPSA) is 61.8 Å². The maximum absolute atomic E-state index is 12.3. The van der Waals surface area contributed by atoms with Gasteiger partial charge < -0.3 is 9.47 Å². The van der Waals surface area contributed by atoms with E-state index in [1.54, 1.807) is 6.08 Å². The predicted octanol–water partition coefficient (Wildman–Crippen LogP) is 6.11. The summed E-state index contributed by atoms with van der Waals surface area (Å²) < 4.78 is 43.0. The van der Waals surface area contributed by atoms with E-state index in [4.69, 9.17) is 13.7 Å². The molecule has 2 atom stereocenters. The minimum absolute atomic E-state index is 0.0861. The maximum atomic E-state index is 12.3. The van der Waals surface area contributed by atoms with Gasteiger partial charge in [-0.2, -0.15) is 8.42 Å². The number of hydrogen-bond acceptors (Lipinski definition) is 5. The molecule has 4 aromatic rings. The molecular formula is C32H32O5S. The number of rotatable bonds is 13. The lowest BCUT2D eigenvalue weighted by Gasteiger charge is -2.37. The smallest absolute Gasteiger partial charge is 0.264 e. The summed E-state index contributed by atoms with van der Waals surface area (Å²) in [5.74, 6) is 0. The third-order valence-corrected chi connectivity index (χ3v) is 6.78. The van der Waals surface area contributed by atoms with E-state index in [9.17, 15) is 8.42 Å². The Hall–Kier alpha value is -3.55. The Bertz CT molecular complexity index is 1280. The highest BCUT2D eigenvalue weighted by atomic mass is 32.2. The second kappa shape index (κ2) is 12.8. The molecule has 0 heterocycles. The number of ether oxygens (including phenoxy) is 2. The van der Waals surface area contributed by atoms with Crippen LogP contribution in [0.25, 0.3) is 0 Å². The Morgan fingerprint density at radius 2 is 1.16 bits per heavy atom. The van der Waals surface area contributed by atoms with Crippen LogP contribution in [0.2, 0.25) is 0 Å². The monoisotopic (exact) mass is 528 g/mol. The first-order valence-electron chi connectivity index (χ1n) is 12.4. The molecule has 0 aliphatic rings. The van der Waals surface area contributed by atoms with Gasteiger partial charge in [0.1, 0.15) is 17.8 Å². The number of benzene rings is 4. The third kappa shape index (κ3) is 6.85. The van der Waals surface area contributed by atoms with Crippen molar-refractivity contribution >= 4 is 10.1 Å². The Morgan fingerprint density at radius 3 is 1.55 bits per heavy atom. The van der Waals surface area contributed by atoms with Crippen molar-refractivity contribution in [1.29, 1.82) is 0 Å². The molecule has 5 nitrogen and oxygen atoms in total. The first-order chi connectivity index (χ1) is 18.4. The molecule has 0 unspecified atom stereocenters. The lowest BCUT2D eigenvalue weighted by Crippen LogP contribution is -2.41. The van der Waals surface area contributed by atoms with Crippen LogP contribution in [0.1, 0.15) is 22.3 Å². The highest BCUT2D eigenvalue weighted by Crippen LogP contribution is 2.40. The first kappa shape index (κ1) is 27.5. The van der Waals surface area contributed by atoms with Crippen molar-refractivity contribution in [2.45, 2.75) is 24.4 Å². The van der Waals surface area contributed by atoms with E-state index in [0.717, 1.165) is 28.5 Å². The summed E-state index contributed by atoms with van der Waals surface area (Å²) in [6.07, 6.45) is 0.861. The van der Waals surface area contributed by atoms with Crippen LogP contribution in [0.3, 0.4) is 0 Å². The van der Waals surface area contributed by atoms with Gasteiger partial charge in [-0.3, -0.25) is 4.18 Å². The SMILES string of the molecule is C=C[C@H](OCc1ccccc1)[C@@H](COC(c1ccccc1)(c1ccccc1)c1ccccc1)OS(C)(=O)=O. The highest BCUT2D eigenvalue weighted by Gasteiger charge is 2.39. The van der Waals surface area contributed by atoms with Gasteiger partial charge in [-0.25, -0.2) is 0 Å². The second-order valence-corrected chi connectivity index (χ2v) is 10.5. The fraction of sp³-hybridized carbons (Fsp3) is 0.188. The summed E-state index contributed by atoms with van der Waals surface area (Å²) in [5.41, 5.74) is 2.61. The van der Waals surface area contributed by atoms with Crippen LogP contribution in [0.4, 0.5) is 0 Å². The summed E-state index contributed by atoms with van der Waals surface area (Å²) in [5, 5.41) is 0. The molecule has 0 radical (unpaired) electrons. The second-order valence-electron chi connectivity index (χ2n) is 8.93. The quantitative estimate of drug-likeness (QED) is 0.119. The van der Waals surface area contributed by atoms with Gasteiger partial charge in [0.2, 0.25) is 0 Å². The Labute approximate surface area is 225 Å². The molecule has 0 amide bonds. The molecule has 6 heteroatoms. The van der Waals surface area contributed by atoms with Gasteiger partial charge in [-0.15, -0.1) is 6.58 Å². The van der Waals surface area contributed by atoms with Crippen molar-refractivity contribution in [3.05, 3.63) is 156 Å². The van der Waals surface area contributed by atoms with Gasteiger partial charge in [-0.1, -0.05) is 127 Å². The Balaban J connectivity index is 1.73. The fourth-order valence-electron chi connectivity index (χ4n) is 4.47. The highest BCUT2D eigenvalue weighted by molar-refractivity contribution is 7.86. The molecule has 4 rings (SSSR count). The molecule has 0 aliphatic carbocycles. The molecule has 0 saturated heterocycles. The van der Waals surface area contributed by atoms with E-state index < -0.39 is 27.9 Å². The maximum Gasteiger partial charge on any atom is 0.264 e. The first-order valence-corrected chi connectivity index (χ1v) is 14.2. The lowest BCUT2D eigenvalue weighted by atomic mass is 9.80. The van der Waals surface area contributed by atoms with Gasteiger partial charge in [-0.05, 0) is 22.3 Å². The standard InChI is InChI=1S/C32H32O5S/c1-3-30(35-24-26-16-8-4-9-17-26)31(37-38(2,33)34)25-36-32(27-18-10-5-11-19-27,28-20-12-6-13-21-28)29-22-14-7-15-23-29/h3-23,30-31H,1,24-25H2,2H3/t30-,31+/m0/s1. The fourth-order valence-corrected chi connectivity index (χ4v) is 5.09. The molecule has 38 heavy (non-hydrogen) atoms. The average Bonchev–Trinajstić information content (AvgIpc) is 2.95. The zero-order valence-corrected chi connectivity index (χ0v) is 22.2. The van der Waals surface area contributed by atoms with Crippen LogP contribution < -0.4 is 0 Å². The minimum Gasteiger partial charge on any atom is -0.367 e. The molecule has 0 bridgehead atoms. The van der Waals surface area contributed by atoms with Crippen molar-refractivity contribution in [1.82, 2.24) is 0 Å². The Morgan fingerprint density at radius 1 is 0.737 bits per heavy atom. The summed E-state index contributed by atoms with van der Waals surface area (Å²) in [4.78, 5) is 0. The van der Waals surface area contributed by atoms with E-state index in [1.807, 2.05) is 121 Å². The zero-order valence-electron chi connectivity index (χ0n) is 21.3. The number of hydrogen-bond donors (Lipinski definition) is 0. The molecule has 196 valence electrons. The van der Waals surface area contributed by atoms with Crippen molar-refractivity contribution in [3.63, 3.8) is 0 Å². The van der Waals surface area contributed by atoms with E-state index in [0.29, 0.717) is 0 Å². The van der Waals surface area contributed by atoms with Gasteiger partial charge in [0.25, 0.3) is 10.1 Å². The van der Waals surface area contributed by atoms with Crippen LogP contribution in [0.15, 0.2) is 134 Å². The van der Waals surface area contributed by atoms with Crippen LogP contribution >= 0.6 is 0 Å². The average molecular weight is 529 g/mol. The molecule has 0 saturated carbocycles. The van der Waals surface area contributed by atoms with E-state index in [2.05, 4.69) is 6.58 Å². The largest absolute Gasteiger partial charge is 0.367 e. The van der Waals surface area contributed by atoms with Crippen molar-refractivity contribution in [3.8, 4) is 0 Å². The molecule has 0 N–H and O–H groups in total. The zero-order chi connectivity index (χ0) is 26.8. The summed E-state index contributed by atoms with van der Waals surface area (Å²) in [6, 6.07) is 39.3. The van der Waals surface area contributed by atoms with E-state index in [-0.39, 0.29) is 13.2 Å². The van der Waals surface area contributed by atoms with Crippen molar-refractivity contribution in [2.24, 2.45) is 0 Å². The Kier molecular flexibility index (Phi) is 9.26. The van der Waals surface area contributed by atoms with Gasteiger partial charge in [0.15, 0.2) is 0 Å².